The number of carbonyl (C=O) groups is 1. The molecule has 1 aliphatic rings. The van der Waals surface area contributed by atoms with Crippen LogP contribution >= 0.6 is 11.6 Å². The van der Waals surface area contributed by atoms with E-state index in [1.165, 1.54) is 5.56 Å². The van der Waals surface area contributed by atoms with Crippen LogP contribution in [0.15, 0.2) is 24.3 Å². The fourth-order valence-electron chi connectivity index (χ4n) is 2.29. The van der Waals surface area contributed by atoms with Gasteiger partial charge in [0.1, 0.15) is 0 Å². The van der Waals surface area contributed by atoms with Gasteiger partial charge < -0.3 is 11.1 Å². The van der Waals surface area contributed by atoms with Crippen molar-refractivity contribution in [1.29, 1.82) is 0 Å². The van der Waals surface area contributed by atoms with E-state index in [0.29, 0.717) is 13.1 Å². The number of carbonyl (C=O) groups excluding carboxylic acids is 1. The predicted octanol–water partition coefficient (Wildman–Crippen LogP) is 2.13. The molecule has 3 N–H and O–H groups in total. The van der Waals surface area contributed by atoms with Crippen molar-refractivity contribution in [3.05, 3.63) is 34.9 Å². The molecule has 0 aliphatic heterocycles. The standard InChI is InChI=1S/C14H19ClN2O/c15-12-4-2-11(3-5-12)6-9-17-13(18)14(10-16)7-1-8-14/h2-5H,1,6-10,16H2,(H,17,18). The molecular weight excluding hydrogens is 248 g/mol. The average molecular weight is 267 g/mol. The zero-order chi connectivity index (χ0) is 13.0. The molecular formula is C14H19ClN2O. The van der Waals surface area contributed by atoms with Crippen LogP contribution in [0.3, 0.4) is 0 Å². The van der Waals surface area contributed by atoms with Gasteiger partial charge in [-0.2, -0.15) is 0 Å². The molecule has 0 saturated heterocycles. The highest BCUT2D eigenvalue weighted by molar-refractivity contribution is 6.30. The van der Waals surface area contributed by atoms with Gasteiger partial charge in [-0.15, -0.1) is 0 Å². The number of hydrogen-bond acceptors (Lipinski definition) is 2. The monoisotopic (exact) mass is 266 g/mol. The largest absolute Gasteiger partial charge is 0.355 e. The van der Waals surface area contributed by atoms with Crippen LogP contribution < -0.4 is 11.1 Å². The molecule has 1 aromatic rings. The molecule has 1 saturated carbocycles. The maximum Gasteiger partial charge on any atom is 0.227 e. The van der Waals surface area contributed by atoms with E-state index < -0.39 is 0 Å². The molecule has 1 aromatic carbocycles. The Morgan fingerprint density at radius 2 is 2.00 bits per heavy atom. The van der Waals surface area contributed by atoms with Crippen molar-refractivity contribution in [3.63, 3.8) is 0 Å². The molecule has 1 amide bonds. The van der Waals surface area contributed by atoms with Crippen molar-refractivity contribution in [2.45, 2.75) is 25.7 Å². The van der Waals surface area contributed by atoms with Crippen LogP contribution in [0.5, 0.6) is 0 Å². The number of nitrogens with one attached hydrogen (secondary N) is 1. The first-order valence-corrected chi connectivity index (χ1v) is 6.77. The van der Waals surface area contributed by atoms with E-state index in [1.807, 2.05) is 24.3 Å². The van der Waals surface area contributed by atoms with Crippen LogP contribution in [0.2, 0.25) is 5.02 Å². The highest BCUT2D eigenvalue weighted by Gasteiger charge is 2.42. The first-order chi connectivity index (χ1) is 8.66. The first-order valence-electron chi connectivity index (χ1n) is 6.39. The Balaban J connectivity index is 1.78. The minimum Gasteiger partial charge on any atom is -0.355 e. The molecule has 1 fully saturated rings. The number of nitrogens with two attached hydrogens (primary N) is 1. The van der Waals surface area contributed by atoms with E-state index in [1.54, 1.807) is 0 Å². The highest BCUT2D eigenvalue weighted by Crippen LogP contribution is 2.39. The summed E-state index contributed by atoms with van der Waals surface area (Å²) in [7, 11) is 0. The molecule has 3 nitrogen and oxygen atoms in total. The van der Waals surface area contributed by atoms with E-state index in [0.717, 1.165) is 30.7 Å². The van der Waals surface area contributed by atoms with Crippen molar-refractivity contribution < 1.29 is 4.79 Å². The number of benzene rings is 1. The lowest BCUT2D eigenvalue weighted by Crippen LogP contribution is -2.50. The minimum absolute atomic E-state index is 0.116. The van der Waals surface area contributed by atoms with Crippen molar-refractivity contribution in [3.8, 4) is 0 Å². The number of amides is 1. The van der Waals surface area contributed by atoms with Gasteiger partial charge in [0.05, 0.1) is 5.41 Å². The van der Waals surface area contributed by atoms with Crippen LogP contribution in [0, 0.1) is 5.41 Å². The van der Waals surface area contributed by atoms with E-state index >= 15 is 0 Å². The molecule has 0 spiro atoms. The second-order valence-corrected chi connectivity index (χ2v) is 5.41. The van der Waals surface area contributed by atoms with Gasteiger partial charge in [0.2, 0.25) is 5.91 Å². The zero-order valence-corrected chi connectivity index (χ0v) is 11.2. The van der Waals surface area contributed by atoms with Gasteiger partial charge in [-0.25, -0.2) is 0 Å². The van der Waals surface area contributed by atoms with Crippen molar-refractivity contribution in [2.75, 3.05) is 13.1 Å². The van der Waals surface area contributed by atoms with Crippen LogP contribution in [0.1, 0.15) is 24.8 Å². The van der Waals surface area contributed by atoms with Crippen LogP contribution in [-0.2, 0) is 11.2 Å². The second kappa shape index (κ2) is 5.72. The third kappa shape index (κ3) is 2.85. The summed E-state index contributed by atoms with van der Waals surface area (Å²) in [4.78, 5) is 12.0. The Morgan fingerprint density at radius 1 is 1.33 bits per heavy atom. The fraction of sp³-hybridized carbons (Fsp3) is 0.500. The van der Waals surface area contributed by atoms with Crippen LogP contribution in [-0.4, -0.2) is 19.0 Å². The fourth-order valence-corrected chi connectivity index (χ4v) is 2.41. The molecule has 0 unspecified atom stereocenters. The van der Waals surface area contributed by atoms with Gasteiger partial charge in [-0.1, -0.05) is 30.2 Å². The smallest absolute Gasteiger partial charge is 0.227 e. The molecule has 0 bridgehead atoms. The normalized spacial score (nSPS) is 17.0. The molecule has 0 aromatic heterocycles. The third-order valence-corrected chi connectivity index (χ3v) is 4.05. The molecule has 4 heteroatoms. The molecule has 1 aliphatic carbocycles. The van der Waals surface area contributed by atoms with Crippen molar-refractivity contribution in [1.82, 2.24) is 5.32 Å². The lowest BCUT2D eigenvalue weighted by atomic mass is 9.68. The minimum atomic E-state index is -0.278. The predicted molar refractivity (Wildman–Crippen MR) is 73.5 cm³/mol. The quantitative estimate of drug-likeness (QED) is 0.858. The third-order valence-electron chi connectivity index (χ3n) is 3.80. The molecule has 0 heterocycles. The summed E-state index contributed by atoms with van der Waals surface area (Å²) < 4.78 is 0. The Morgan fingerprint density at radius 3 is 2.50 bits per heavy atom. The second-order valence-electron chi connectivity index (χ2n) is 4.97. The van der Waals surface area contributed by atoms with Gasteiger partial charge in [-0.05, 0) is 37.0 Å². The molecule has 18 heavy (non-hydrogen) atoms. The number of halogens is 1. The summed E-state index contributed by atoms with van der Waals surface area (Å²) in [5, 5.41) is 3.72. The topological polar surface area (TPSA) is 55.1 Å². The zero-order valence-electron chi connectivity index (χ0n) is 10.4. The summed E-state index contributed by atoms with van der Waals surface area (Å²) in [5.41, 5.74) is 6.59. The summed E-state index contributed by atoms with van der Waals surface area (Å²) in [6.45, 7) is 1.11. The Kier molecular flexibility index (Phi) is 4.25. The summed E-state index contributed by atoms with van der Waals surface area (Å²) in [6.07, 6.45) is 3.79. The van der Waals surface area contributed by atoms with E-state index in [9.17, 15) is 4.79 Å². The van der Waals surface area contributed by atoms with Gasteiger partial charge in [0.15, 0.2) is 0 Å². The average Bonchev–Trinajstić information content (AvgIpc) is 2.31. The highest BCUT2D eigenvalue weighted by atomic mass is 35.5. The Labute approximate surface area is 113 Å². The maximum atomic E-state index is 12.0. The van der Waals surface area contributed by atoms with Crippen LogP contribution in [0.4, 0.5) is 0 Å². The Hall–Kier alpha value is -1.06. The lowest BCUT2D eigenvalue weighted by molar-refractivity contribution is -0.135. The van der Waals surface area contributed by atoms with Gasteiger partial charge >= 0.3 is 0 Å². The summed E-state index contributed by atoms with van der Waals surface area (Å²) >= 11 is 5.82. The van der Waals surface area contributed by atoms with Gasteiger partial charge in [0.25, 0.3) is 0 Å². The lowest BCUT2D eigenvalue weighted by Gasteiger charge is -2.39. The number of hydrogen-bond donors (Lipinski definition) is 2. The first kappa shape index (κ1) is 13.4. The molecule has 0 radical (unpaired) electrons. The van der Waals surface area contributed by atoms with E-state index in [2.05, 4.69) is 5.32 Å². The summed E-state index contributed by atoms with van der Waals surface area (Å²) in [5.74, 6) is 0.116. The Bertz CT molecular complexity index is 407. The summed E-state index contributed by atoms with van der Waals surface area (Å²) in [6, 6.07) is 7.70. The van der Waals surface area contributed by atoms with E-state index in [4.69, 9.17) is 17.3 Å². The maximum absolute atomic E-state index is 12.0. The van der Waals surface area contributed by atoms with E-state index in [-0.39, 0.29) is 11.3 Å². The molecule has 98 valence electrons. The molecule has 0 atom stereocenters. The van der Waals surface area contributed by atoms with Crippen LogP contribution in [0.25, 0.3) is 0 Å². The molecule has 2 rings (SSSR count). The van der Waals surface area contributed by atoms with Gasteiger partial charge in [-0.3, -0.25) is 4.79 Å². The van der Waals surface area contributed by atoms with Gasteiger partial charge in [0, 0.05) is 18.1 Å². The van der Waals surface area contributed by atoms with Crippen molar-refractivity contribution >= 4 is 17.5 Å². The number of rotatable bonds is 5. The SMILES string of the molecule is NCC1(C(=O)NCCc2ccc(Cl)cc2)CCC1. The van der Waals surface area contributed by atoms with Crippen molar-refractivity contribution in [2.24, 2.45) is 11.1 Å².